The molecule has 1 aliphatic heterocycles. The Morgan fingerprint density at radius 2 is 1.73 bits per heavy atom. The fraction of sp³-hybridized carbons (Fsp3) is 0.125. The summed E-state index contributed by atoms with van der Waals surface area (Å²) < 4.78 is 13.3. The van der Waals surface area contributed by atoms with E-state index in [0.717, 1.165) is 5.56 Å². The van der Waals surface area contributed by atoms with Gasteiger partial charge in [-0.3, -0.25) is 14.5 Å². The third-order valence-electron chi connectivity index (χ3n) is 4.80. The third kappa shape index (κ3) is 6.13. The molecule has 1 N–H and O–H groups in total. The van der Waals surface area contributed by atoms with Crippen LogP contribution in [0, 0.1) is 5.82 Å². The predicted octanol–water partition coefficient (Wildman–Crippen LogP) is 6.29. The Morgan fingerprint density at radius 1 is 1.06 bits per heavy atom. The number of amides is 2. The first-order chi connectivity index (χ1) is 15.9. The zero-order chi connectivity index (χ0) is 23.4. The molecule has 33 heavy (non-hydrogen) atoms. The van der Waals surface area contributed by atoms with Crippen LogP contribution in [0.25, 0.3) is 0 Å². The van der Waals surface area contributed by atoms with Gasteiger partial charge in [0.15, 0.2) is 5.17 Å². The standard InChI is InChI=1S/C24H18Cl2FN3O2S/c25-16-10-17(26)12-20(11-16)28-23(32)21-13-22(31)30(14-15-6-8-18(27)9-7-15)24(33-21)29-19-4-2-1-3-5-19/h1-12,21H,13-14H2,(H,28,32). The molecule has 4 rings (SSSR count). The van der Waals surface area contributed by atoms with Gasteiger partial charge in [-0.25, -0.2) is 9.38 Å². The molecule has 1 aliphatic rings. The second-order valence-electron chi connectivity index (χ2n) is 7.29. The van der Waals surface area contributed by atoms with Crippen LogP contribution < -0.4 is 5.32 Å². The predicted molar refractivity (Wildman–Crippen MR) is 132 cm³/mol. The van der Waals surface area contributed by atoms with Crippen molar-refractivity contribution in [3.63, 3.8) is 0 Å². The minimum Gasteiger partial charge on any atom is -0.325 e. The maximum absolute atomic E-state index is 13.3. The number of amidine groups is 1. The van der Waals surface area contributed by atoms with Crippen LogP contribution in [-0.4, -0.2) is 27.1 Å². The lowest BCUT2D eigenvalue weighted by molar-refractivity contribution is -0.129. The molecular weight excluding hydrogens is 484 g/mol. The highest BCUT2D eigenvalue weighted by atomic mass is 35.5. The SMILES string of the molecule is O=C(Nc1cc(Cl)cc(Cl)c1)C1CC(=O)N(Cc2ccc(F)cc2)C(=Nc2ccccc2)S1. The summed E-state index contributed by atoms with van der Waals surface area (Å²) >= 11 is 13.2. The van der Waals surface area contributed by atoms with Crippen molar-refractivity contribution in [2.24, 2.45) is 4.99 Å². The molecule has 3 aromatic rings. The number of nitrogens with zero attached hydrogens (tertiary/aromatic N) is 2. The number of thioether (sulfide) groups is 1. The summed E-state index contributed by atoms with van der Waals surface area (Å²) in [6, 6.07) is 19.8. The van der Waals surface area contributed by atoms with E-state index in [-0.39, 0.29) is 30.6 Å². The van der Waals surface area contributed by atoms with Crippen LogP contribution in [0.15, 0.2) is 77.8 Å². The number of hydrogen-bond donors (Lipinski definition) is 1. The molecule has 9 heteroatoms. The van der Waals surface area contributed by atoms with E-state index in [1.54, 1.807) is 30.3 Å². The first-order valence-electron chi connectivity index (χ1n) is 9.99. The number of hydrogen-bond acceptors (Lipinski definition) is 4. The summed E-state index contributed by atoms with van der Waals surface area (Å²) in [6.07, 6.45) is -0.0141. The Kier molecular flexibility index (Phi) is 7.33. The molecule has 1 saturated heterocycles. The van der Waals surface area contributed by atoms with Crippen molar-refractivity contribution in [2.75, 3.05) is 5.32 Å². The lowest BCUT2D eigenvalue weighted by atomic mass is 10.2. The van der Waals surface area contributed by atoms with E-state index in [2.05, 4.69) is 10.3 Å². The van der Waals surface area contributed by atoms with Gasteiger partial charge in [0.25, 0.3) is 0 Å². The topological polar surface area (TPSA) is 61.8 Å². The number of halogens is 3. The molecule has 1 heterocycles. The van der Waals surface area contributed by atoms with Crippen molar-refractivity contribution in [1.29, 1.82) is 0 Å². The molecule has 1 fully saturated rings. The number of anilines is 1. The Bertz CT molecular complexity index is 1190. The number of para-hydroxylation sites is 1. The van der Waals surface area contributed by atoms with Gasteiger partial charge >= 0.3 is 0 Å². The number of rotatable bonds is 5. The van der Waals surface area contributed by atoms with Crippen LogP contribution in [0.4, 0.5) is 15.8 Å². The first kappa shape index (κ1) is 23.3. The van der Waals surface area contributed by atoms with Crippen LogP contribution in [0.5, 0.6) is 0 Å². The number of carbonyl (C=O) groups excluding carboxylic acids is 2. The fourth-order valence-corrected chi connectivity index (χ4v) is 4.85. The molecule has 0 saturated carbocycles. The van der Waals surface area contributed by atoms with E-state index in [1.165, 1.54) is 28.8 Å². The molecule has 168 valence electrons. The number of nitrogens with one attached hydrogen (secondary N) is 1. The second-order valence-corrected chi connectivity index (χ2v) is 9.34. The van der Waals surface area contributed by atoms with E-state index in [9.17, 15) is 14.0 Å². The first-order valence-corrected chi connectivity index (χ1v) is 11.6. The smallest absolute Gasteiger partial charge is 0.238 e. The molecule has 3 aromatic carbocycles. The molecular formula is C24H18Cl2FN3O2S. The average molecular weight is 502 g/mol. The third-order valence-corrected chi connectivity index (χ3v) is 6.42. The Hall–Kier alpha value is -2.87. The van der Waals surface area contributed by atoms with Gasteiger partial charge in [0.1, 0.15) is 11.1 Å². The summed E-state index contributed by atoms with van der Waals surface area (Å²) in [5, 5.41) is 3.26. The fourth-order valence-electron chi connectivity index (χ4n) is 3.23. The van der Waals surface area contributed by atoms with Crippen LogP contribution in [0.3, 0.4) is 0 Å². The molecule has 0 aliphatic carbocycles. The van der Waals surface area contributed by atoms with E-state index in [1.807, 2.05) is 30.3 Å². The van der Waals surface area contributed by atoms with Gasteiger partial charge in [-0.15, -0.1) is 0 Å². The minimum absolute atomic E-state index is 0.0141. The molecule has 0 bridgehead atoms. The molecule has 5 nitrogen and oxygen atoms in total. The van der Waals surface area contributed by atoms with Gasteiger partial charge in [0, 0.05) is 22.2 Å². The normalized spacial score (nSPS) is 17.3. The van der Waals surface area contributed by atoms with Crippen LogP contribution >= 0.6 is 35.0 Å². The average Bonchev–Trinajstić information content (AvgIpc) is 2.77. The maximum atomic E-state index is 13.3. The summed E-state index contributed by atoms with van der Waals surface area (Å²) in [5.41, 5.74) is 1.85. The van der Waals surface area contributed by atoms with Gasteiger partial charge in [-0.1, -0.05) is 65.3 Å². The molecule has 0 radical (unpaired) electrons. The Morgan fingerprint density at radius 3 is 2.39 bits per heavy atom. The van der Waals surface area contributed by atoms with Gasteiger partial charge in [-0.05, 0) is 48.0 Å². The van der Waals surface area contributed by atoms with Crippen LogP contribution in [0.1, 0.15) is 12.0 Å². The van der Waals surface area contributed by atoms with Gasteiger partial charge in [0.2, 0.25) is 11.8 Å². The summed E-state index contributed by atoms with van der Waals surface area (Å²) in [6.45, 7) is 0.218. The zero-order valence-electron chi connectivity index (χ0n) is 17.2. The highest BCUT2D eigenvalue weighted by molar-refractivity contribution is 8.15. The minimum atomic E-state index is -0.692. The van der Waals surface area contributed by atoms with Crippen molar-refractivity contribution in [3.8, 4) is 0 Å². The van der Waals surface area contributed by atoms with Crippen molar-refractivity contribution >= 4 is 63.3 Å². The lowest BCUT2D eigenvalue weighted by Crippen LogP contribution is -2.44. The summed E-state index contributed by atoms with van der Waals surface area (Å²) in [4.78, 5) is 32.2. The van der Waals surface area contributed by atoms with Crippen molar-refractivity contribution in [3.05, 3.63) is 94.2 Å². The highest BCUT2D eigenvalue weighted by Gasteiger charge is 2.36. The monoisotopic (exact) mass is 501 g/mol. The molecule has 1 unspecified atom stereocenters. The lowest BCUT2D eigenvalue weighted by Gasteiger charge is -2.32. The summed E-state index contributed by atoms with van der Waals surface area (Å²) in [5.74, 6) is -0.958. The number of aliphatic imine (C=N–C) groups is 1. The molecule has 0 aromatic heterocycles. The van der Waals surface area contributed by atoms with E-state index < -0.39 is 5.25 Å². The highest BCUT2D eigenvalue weighted by Crippen LogP contribution is 2.31. The van der Waals surface area contributed by atoms with Crippen molar-refractivity contribution < 1.29 is 14.0 Å². The largest absolute Gasteiger partial charge is 0.325 e. The molecule has 2 amide bonds. The van der Waals surface area contributed by atoms with Crippen molar-refractivity contribution in [2.45, 2.75) is 18.2 Å². The van der Waals surface area contributed by atoms with Gasteiger partial charge in [0.05, 0.1) is 12.2 Å². The molecule has 1 atom stereocenters. The number of carbonyl (C=O) groups is 2. The second kappa shape index (κ2) is 10.4. The summed E-state index contributed by atoms with van der Waals surface area (Å²) in [7, 11) is 0. The molecule has 0 spiro atoms. The van der Waals surface area contributed by atoms with Gasteiger partial charge < -0.3 is 5.32 Å². The van der Waals surface area contributed by atoms with E-state index in [4.69, 9.17) is 23.2 Å². The van der Waals surface area contributed by atoms with E-state index in [0.29, 0.717) is 26.6 Å². The van der Waals surface area contributed by atoms with E-state index >= 15 is 0 Å². The van der Waals surface area contributed by atoms with Crippen molar-refractivity contribution in [1.82, 2.24) is 4.90 Å². The quantitative estimate of drug-likeness (QED) is 0.446. The van der Waals surface area contributed by atoms with Gasteiger partial charge in [-0.2, -0.15) is 0 Å². The van der Waals surface area contributed by atoms with Crippen LogP contribution in [0.2, 0.25) is 10.0 Å². The van der Waals surface area contributed by atoms with Crippen LogP contribution in [-0.2, 0) is 16.1 Å². The maximum Gasteiger partial charge on any atom is 0.238 e. The zero-order valence-corrected chi connectivity index (χ0v) is 19.5. The Balaban J connectivity index is 1.59. The number of benzene rings is 3. The Labute approximate surface area is 204 Å².